The number of benzene rings is 1. The summed E-state index contributed by atoms with van der Waals surface area (Å²) in [6, 6.07) is 12.3. The van der Waals surface area contributed by atoms with Gasteiger partial charge in [0.2, 0.25) is 0 Å². The molecule has 1 unspecified atom stereocenters. The van der Waals surface area contributed by atoms with Gasteiger partial charge in [0.05, 0.1) is 31.0 Å². The van der Waals surface area contributed by atoms with Crippen LogP contribution in [0.25, 0.3) is 0 Å². The monoisotopic (exact) mass is 372 g/mol. The minimum Gasteiger partial charge on any atom is -0.491 e. The van der Waals surface area contributed by atoms with E-state index in [0.717, 1.165) is 5.76 Å². The second-order valence-corrected chi connectivity index (χ2v) is 5.93. The van der Waals surface area contributed by atoms with Crippen LogP contribution in [0.4, 0.5) is 0 Å². The van der Waals surface area contributed by atoms with Gasteiger partial charge in [-0.25, -0.2) is 4.79 Å². The number of hydrogen-bond donors (Lipinski definition) is 1. The molecule has 0 aliphatic carbocycles. The molecule has 1 N–H and O–H groups in total. The molecule has 7 heteroatoms. The number of nitrogens with zero attached hydrogens (tertiary/aromatic N) is 2. The Morgan fingerprint density at radius 3 is 2.74 bits per heavy atom. The molecular formula is C20H24N2O5. The lowest BCUT2D eigenvalue weighted by molar-refractivity contribution is 0.0525. The fourth-order valence-corrected chi connectivity index (χ4v) is 2.51. The van der Waals surface area contributed by atoms with Crippen molar-refractivity contribution in [3.8, 4) is 11.8 Å². The van der Waals surface area contributed by atoms with E-state index in [1.165, 1.54) is 0 Å². The second-order valence-electron chi connectivity index (χ2n) is 5.93. The first kappa shape index (κ1) is 20.5. The number of nitriles is 1. The molecule has 0 radical (unpaired) electrons. The van der Waals surface area contributed by atoms with E-state index in [1.54, 1.807) is 43.5 Å². The lowest BCUT2D eigenvalue weighted by Gasteiger charge is -2.23. The van der Waals surface area contributed by atoms with E-state index < -0.39 is 6.10 Å². The van der Waals surface area contributed by atoms with E-state index in [1.807, 2.05) is 11.0 Å². The molecule has 2 rings (SSSR count). The molecule has 0 spiro atoms. The first-order chi connectivity index (χ1) is 13.1. The molecule has 0 saturated carbocycles. The average Bonchev–Trinajstić information content (AvgIpc) is 3.18. The molecule has 0 aliphatic heterocycles. The van der Waals surface area contributed by atoms with Crippen LogP contribution >= 0.6 is 0 Å². The highest BCUT2D eigenvalue weighted by Crippen LogP contribution is 2.14. The Hall–Kier alpha value is -2.82. The van der Waals surface area contributed by atoms with E-state index in [-0.39, 0.29) is 12.6 Å². The zero-order valence-corrected chi connectivity index (χ0v) is 15.3. The Bertz CT molecular complexity index is 722. The number of carbonyl (C=O) groups is 1. The van der Waals surface area contributed by atoms with Gasteiger partial charge in [0, 0.05) is 19.5 Å². The van der Waals surface area contributed by atoms with Crippen molar-refractivity contribution in [3.05, 3.63) is 54.0 Å². The Kier molecular flexibility index (Phi) is 8.36. The Balaban J connectivity index is 1.83. The van der Waals surface area contributed by atoms with Crippen LogP contribution in [0.2, 0.25) is 0 Å². The Labute approximate surface area is 158 Å². The van der Waals surface area contributed by atoms with E-state index in [9.17, 15) is 9.90 Å². The molecule has 0 fully saturated rings. The van der Waals surface area contributed by atoms with Crippen molar-refractivity contribution >= 4 is 5.97 Å². The summed E-state index contributed by atoms with van der Waals surface area (Å²) >= 11 is 0. The van der Waals surface area contributed by atoms with Crippen molar-refractivity contribution in [2.24, 2.45) is 0 Å². The van der Waals surface area contributed by atoms with Crippen molar-refractivity contribution in [2.75, 3.05) is 26.3 Å². The molecule has 1 aromatic carbocycles. The number of aliphatic hydroxyl groups is 1. The van der Waals surface area contributed by atoms with Gasteiger partial charge >= 0.3 is 5.97 Å². The van der Waals surface area contributed by atoms with Gasteiger partial charge in [-0.2, -0.15) is 5.26 Å². The number of rotatable bonds is 11. The lowest BCUT2D eigenvalue weighted by atomic mass is 10.2. The quantitative estimate of drug-likeness (QED) is 0.606. The molecule has 2 aromatic rings. The third-order valence-corrected chi connectivity index (χ3v) is 3.78. The minimum atomic E-state index is -0.733. The van der Waals surface area contributed by atoms with Gasteiger partial charge in [0.15, 0.2) is 0 Å². The highest BCUT2D eigenvalue weighted by molar-refractivity contribution is 5.89. The van der Waals surface area contributed by atoms with Crippen LogP contribution < -0.4 is 4.74 Å². The summed E-state index contributed by atoms with van der Waals surface area (Å²) in [5.41, 5.74) is 0.450. The van der Waals surface area contributed by atoms with Crippen LogP contribution in [0.5, 0.6) is 5.75 Å². The molecule has 0 amide bonds. The maximum Gasteiger partial charge on any atom is 0.338 e. The third kappa shape index (κ3) is 7.13. The SMILES string of the molecule is CCOC(=O)c1ccc(OCC(O)CN(CCC#N)Cc2ccco2)cc1. The van der Waals surface area contributed by atoms with Crippen LogP contribution in [-0.4, -0.2) is 48.4 Å². The zero-order chi connectivity index (χ0) is 19.5. The second kappa shape index (κ2) is 11.0. The maximum absolute atomic E-state index is 11.6. The number of furan rings is 1. The summed E-state index contributed by atoms with van der Waals surface area (Å²) in [5.74, 6) is 0.947. The van der Waals surface area contributed by atoms with E-state index in [2.05, 4.69) is 6.07 Å². The van der Waals surface area contributed by atoms with Gasteiger partial charge in [-0.1, -0.05) is 0 Å². The van der Waals surface area contributed by atoms with Crippen molar-refractivity contribution in [1.29, 1.82) is 5.26 Å². The molecule has 1 heterocycles. The van der Waals surface area contributed by atoms with Crippen LogP contribution in [0.3, 0.4) is 0 Å². The van der Waals surface area contributed by atoms with Crippen molar-refractivity contribution in [2.45, 2.75) is 26.0 Å². The highest BCUT2D eigenvalue weighted by Gasteiger charge is 2.14. The van der Waals surface area contributed by atoms with Crippen LogP contribution in [0.1, 0.15) is 29.5 Å². The number of esters is 1. The van der Waals surface area contributed by atoms with Gasteiger partial charge in [0.1, 0.15) is 24.2 Å². The molecule has 0 bridgehead atoms. The van der Waals surface area contributed by atoms with Crippen molar-refractivity contribution < 1.29 is 23.8 Å². The summed E-state index contributed by atoms with van der Waals surface area (Å²) in [5, 5.41) is 19.1. The van der Waals surface area contributed by atoms with E-state index >= 15 is 0 Å². The van der Waals surface area contributed by atoms with Gasteiger partial charge < -0.3 is 19.0 Å². The molecule has 0 saturated heterocycles. The zero-order valence-electron chi connectivity index (χ0n) is 15.3. The van der Waals surface area contributed by atoms with Crippen LogP contribution in [-0.2, 0) is 11.3 Å². The number of hydrogen-bond acceptors (Lipinski definition) is 7. The summed E-state index contributed by atoms with van der Waals surface area (Å²) < 4.78 is 15.8. The molecule has 144 valence electrons. The summed E-state index contributed by atoms with van der Waals surface area (Å²) in [6.45, 7) is 3.57. The van der Waals surface area contributed by atoms with Gasteiger partial charge in [0.25, 0.3) is 0 Å². The number of carbonyl (C=O) groups excluding carboxylic acids is 1. The first-order valence-electron chi connectivity index (χ1n) is 8.82. The number of aliphatic hydroxyl groups excluding tert-OH is 1. The van der Waals surface area contributed by atoms with Crippen LogP contribution in [0, 0.1) is 11.3 Å². The first-order valence-corrected chi connectivity index (χ1v) is 8.82. The molecular weight excluding hydrogens is 348 g/mol. The summed E-state index contributed by atoms with van der Waals surface area (Å²) in [4.78, 5) is 13.6. The largest absolute Gasteiger partial charge is 0.491 e. The smallest absolute Gasteiger partial charge is 0.338 e. The van der Waals surface area contributed by atoms with Crippen LogP contribution in [0.15, 0.2) is 47.1 Å². The molecule has 27 heavy (non-hydrogen) atoms. The highest BCUT2D eigenvalue weighted by atomic mass is 16.5. The van der Waals surface area contributed by atoms with E-state index in [4.69, 9.17) is 19.2 Å². The normalized spacial score (nSPS) is 11.8. The van der Waals surface area contributed by atoms with Gasteiger partial charge in [-0.3, -0.25) is 4.90 Å². The maximum atomic E-state index is 11.6. The predicted octanol–water partition coefficient (Wildman–Crippen LogP) is 2.61. The summed E-state index contributed by atoms with van der Waals surface area (Å²) in [7, 11) is 0. The Morgan fingerprint density at radius 1 is 1.33 bits per heavy atom. The standard InChI is InChI=1S/C20H24N2O5/c1-2-25-20(24)16-6-8-18(9-7-16)27-15-17(23)13-22(11-4-10-21)14-19-5-3-12-26-19/h3,5-9,12,17,23H,2,4,11,13-15H2,1H3. The average molecular weight is 372 g/mol. The minimum absolute atomic E-state index is 0.0972. The summed E-state index contributed by atoms with van der Waals surface area (Å²) in [6.07, 6.45) is 1.23. The molecule has 1 atom stereocenters. The third-order valence-electron chi connectivity index (χ3n) is 3.78. The van der Waals surface area contributed by atoms with Gasteiger partial charge in [-0.15, -0.1) is 0 Å². The van der Waals surface area contributed by atoms with E-state index in [0.29, 0.717) is 44.0 Å². The topological polar surface area (TPSA) is 95.9 Å². The van der Waals surface area contributed by atoms with Crippen molar-refractivity contribution in [3.63, 3.8) is 0 Å². The lowest BCUT2D eigenvalue weighted by Crippen LogP contribution is -2.35. The predicted molar refractivity (Wildman–Crippen MR) is 98.1 cm³/mol. The molecule has 1 aromatic heterocycles. The van der Waals surface area contributed by atoms with Crippen molar-refractivity contribution in [1.82, 2.24) is 4.90 Å². The molecule has 0 aliphatic rings. The molecule has 7 nitrogen and oxygen atoms in total. The Morgan fingerprint density at radius 2 is 2.11 bits per heavy atom. The fraction of sp³-hybridized carbons (Fsp3) is 0.400. The fourth-order valence-electron chi connectivity index (χ4n) is 2.51. The van der Waals surface area contributed by atoms with Gasteiger partial charge in [-0.05, 0) is 43.3 Å². The number of ether oxygens (including phenoxy) is 2.